The fourth-order valence-electron chi connectivity index (χ4n) is 2.27. The molecule has 0 aliphatic carbocycles. The molecule has 0 aliphatic rings. The van der Waals surface area contributed by atoms with E-state index in [1.54, 1.807) is 24.3 Å². The maximum atomic E-state index is 13.5. The summed E-state index contributed by atoms with van der Waals surface area (Å²) in [5.74, 6) is -5.51. The number of hydrogen-bond donors (Lipinski definition) is 2. The smallest absolute Gasteiger partial charge is 0.258 e. The van der Waals surface area contributed by atoms with Crippen LogP contribution in [0.1, 0.15) is 18.9 Å². The van der Waals surface area contributed by atoms with E-state index in [4.69, 9.17) is 4.74 Å². The van der Waals surface area contributed by atoms with Crippen molar-refractivity contribution in [1.82, 2.24) is 5.32 Å². The summed E-state index contributed by atoms with van der Waals surface area (Å²) in [4.78, 5) is 34.4. The fraction of sp³-hybridized carbons (Fsp3) is 0.250. The quantitative estimate of drug-likeness (QED) is 0.625. The van der Waals surface area contributed by atoms with Gasteiger partial charge in [-0.15, -0.1) is 0 Å². The van der Waals surface area contributed by atoms with Crippen LogP contribution in [0.4, 0.5) is 18.9 Å². The minimum atomic E-state index is -1.70. The van der Waals surface area contributed by atoms with Crippen LogP contribution in [0.2, 0.25) is 0 Å². The Balaban J connectivity index is 1.75. The van der Waals surface area contributed by atoms with Crippen LogP contribution >= 0.6 is 0 Å². The van der Waals surface area contributed by atoms with Crippen LogP contribution in [-0.4, -0.2) is 30.7 Å². The molecule has 29 heavy (non-hydrogen) atoms. The Morgan fingerprint density at radius 3 is 2.28 bits per heavy atom. The molecule has 0 aromatic heterocycles. The standard InChI is InChI=1S/C20H19F3N2O4/c1-12(26)2-3-13-4-6-14(7-5-13)29-11-18(28)24-10-17(27)25-16-9-8-15(21)19(22)20(16)23/h4-9H,2-3,10-11H2,1H3,(H,24,28)(H,25,27). The van der Waals surface area contributed by atoms with Gasteiger partial charge in [0.2, 0.25) is 5.91 Å². The second kappa shape index (κ2) is 10.3. The number of carbonyl (C=O) groups is 3. The zero-order valence-corrected chi connectivity index (χ0v) is 15.6. The molecule has 6 nitrogen and oxygen atoms in total. The van der Waals surface area contributed by atoms with Crippen LogP contribution < -0.4 is 15.4 Å². The molecule has 0 unspecified atom stereocenters. The lowest BCUT2D eigenvalue weighted by Crippen LogP contribution is -2.36. The Hall–Kier alpha value is -3.36. The molecule has 2 N–H and O–H groups in total. The van der Waals surface area contributed by atoms with Gasteiger partial charge < -0.3 is 20.2 Å². The van der Waals surface area contributed by atoms with Crippen LogP contribution in [0.15, 0.2) is 36.4 Å². The third-order valence-electron chi connectivity index (χ3n) is 3.81. The second-order valence-corrected chi connectivity index (χ2v) is 6.18. The van der Waals surface area contributed by atoms with Gasteiger partial charge in [-0.25, -0.2) is 13.2 Å². The highest BCUT2D eigenvalue weighted by atomic mass is 19.2. The van der Waals surface area contributed by atoms with Crippen molar-refractivity contribution >= 4 is 23.3 Å². The largest absolute Gasteiger partial charge is 0.484 e. The topological polar surface area (TPSA) is 84.5 Å². The monoisotopic (exact) mass is 408 g/mol. The maximum absolute atomic E-state index is 13.5. The van der Waals surface area contributed by atoms with Gasteiger partial charge in [-0.3, -0.25) is 9.59 Å². The average molecular weight is 408 g/mol. The first-order chi connectivity index (χ1) is 13.8. The van der Waals surface area contributed by atoms with Crippen molar-refractivity contribution in [2.24, 2.45) is 0 Å². The molecule has 0 atom stereocenters. The van der Waals surface area contributed by atoms with E-state index >= 15 is 0 Å². The Bertz CT molecular complexity index is 901. The number of benzene rings is 2. The lowest BCUT2D eigenvalue weighted by atomic mass is 10.1. The van der Waals surface area contributed by atoms with Crippen molar-refractivity contribution in [2.45, 2.75) is 19.8 Å². The van der Waals surface area contributed by atoms with Crippen molar-refractivity contribution in [3.8, 4) is 5.75 Å². The normalized spacial score (nSPS) is 10.3. The number of anilines is 1. The molecule has 9 heteroatoms. The molecule has 0 spiro atoms. The van der Waals surface area contributed by atoms with Gasteiger partial charge in [0.05, 0.1) is 12.2 Å². The number of ether oxygens (including phenoxy) is 1. The number of rotatable bonds is 9. The van der Waals surface area contributed by atoms with E-state index in [0.717, 1.165) is 11.6 Å². The summed E-state index contributed by atoms with van der Waals surface area (Å²) in [7, 11) is 0. The van der Waals surface area contributed by atoms with E-state index in [2.05, 4.69) is 5.32 Å². The van der Waals surface area contributed by atoms with Gasteiger partial charge in [-0.2, -0.15) is 0 Å². The third kappa shape index (κ3) is 6.95. The highest BCUT2D eigenvalue weighted by Crippen LogP contribution is 2.19. The summed E-state index contributed by atoms with van der Waals surface area (Å²) in [6.45, 7) is 0.648. The summed E-state index contributed by atoms with van der Waals surface area (Å²) in [6, 6.07) is 8.41. The number of amides is 2. The lowest BCUT2D eigenvalue weighted by Gasteiger charge is -2.09. The van der Waals surface area contributed by atoms with Gasteiger partial charge in [-0.1, -0.05) is 12.1 Å². The first kappa shape index (κ1) is 21.9. The lowest BCUT2D eigenvalue weighted by molar-refractivity contribution is -0.125. The van der Waals surface area contributed by atoms with Crippen LogP contribution in [-0.2, 0) is 20.8 Å². The van der Waals surface area contributed by atoms with Gasteiger partial charge in [0.25, 0.3) is 5.91 Å². The molecular weight excluding hydrogens is 389 g/mol. The average Bonchev–Trinajstić information content (AvgIpc) is 2.70. The fourth-order valence-corrected chi connectivity index (χ4v) is 2.27. The van der Waals surface area contributed by atoms with Gasteiger partial charge in [0.1, 0.15) is 11.5 Å². The van der Waals surface area contributed by atoms with E-state index in [1.165, 1.54) is 6.92 Å². The predicted molar refractivity (Wildman–Crippen MR) is 98.9 cm³/mol. The molecule has 154 valence electrons. The van der Waals surface area contributed by atoms with Crippen LogP contribution in [0.25, 0.3) is 0 Å². The molecule has 0 aliphatic heterocycles. The minimum Gasteiger partial charge on any atom is -0.484 e. The van der Waals surface area contributed by atoms with Gasteiger partial charge in [0, 0.05) is 6.42 Å². The third-order valence-corrected chi connectivity index (χ3v) is 3.81. The van der Waals surface area contributed by atoms with E-state index in [1.807, 2.05) is 5.32 Å². The summed E-state index contributed by atoms with van der Waals surface area (Å²) in [5.41, 5.74) is 0.419. The highest BCUT2D eigenvalue weighted by Gasteiger charge is 2.15. The Labute approximate surface area is 165 Å². The Morgan fingerprint density at radius 2 is 1.62 bits per heavy atom. The van der Waals surface area contributed by atoms with Crippen LogP contribution in [0, 0.1) is 17.5 Å². The molecule has 2 amide bonds. The maximum Gasteiger partial charge on any atom is 0.258 e. The van der Waals surface area contributed by atoms with Crippen molar-refractivity contribution in [3.05, 3.63) is 59.4 Å². The second-order valence-electron chi connectivity index (χ2n) is 6.18. The predicted octanol–water partition coefficient (Wildman–Crippen LogP) is 2.76. The van der Waals surface area contributed by atoms with Crippen LogP contribution in [0.5, 0.6) is 5.75 Å². The summed E-state index contributed by atoms with van der Waals surface area (Å²) in [5, 5.41) is 4.29. The number of carbonyl (C=O) groups excluding carboxylic acids is 3. The molecule has 0 saturated heterocycles. The van der Waals surface area contributed by atoms with Crippen molar-refractivity contribution < 1.29 is 32.3 Å². The molecule has 2 aromatic rings. The van der Waals surface area contributed by atoms with Gasteiger partial charge >= 0.3 is 0 Å². The summed E-state index contributed by atoms with van der Waals surface area (Å²) >= 11 is 0. The van der Waals surface area contributed by atoms with E-state index < -0.39 is 41.5 Å². The Kier molecular flexibility index (Phi) is 7.76. The molecule has 0 saturated carbocycles. The minimum absolute atomic E-state index is 0.0957. The van der Waals surface area contributed by atoms with E-state index in [-0.39, 0.29) is 12.4 Å². The summed E-state index contributed by atoms with van der Waals surface area (Å²) in [6.07, 6.45) is 1.06. The van der Waals surface area contributed by atoms with E-state index in [0.29, 0.717) is 24.7 Å². The van der Waals surface area contributed by atoms with Crippen LogP contribution in [0.3, 0.4) is 0 Å². The van der Waals surface area contributed by atoms with E-state index in [9.17, 15) is 27.6 Å². The molecule has 0 bridgehead atoms. The number of hydrogen-bond acceptors (Lipinski definition) is 4. The molecular formula is C20H19F3N2O4. The summed E-state index contributed by atoms with van der Waals surface area (Å²) < 4.78 is 44.8. The molecule has 2 aromatic carbocycles. The zero-order chi connectivity index (χ0) is 21.4. The number of aryl methyl sites for hydroxylation is 1. The first-order valence-electron chi connectivity index (χ1n) is 8.67. The van der Waals surface area contributed by atoms with Gasteiger partial charge in [0.15, 0.2) is 24.1 Å². The van der Waals surface area contributed by atoms with Crippen molar-refractivity contribution in [2.75, 3.05) is 18.5 Å². The first-order valence-corrected chi connectivity index (χ1v) is 8.67. The zero-order valence-electron chi connectivity index (χ0n) is 15.6. The number of nitrogens with one attached hydrogen (secondary N) is 2. The molecule has 2 rings (SSSR count). The van der Waals surface area contributed by atoms with Crippen molar-refractivity contribution in [3.63, 3.8) is 0 Å². The van der Waals surface area contributed by atoms with Gasteiger partial charge in [-0.05, 0) is 43.2 Å². The van der Waals surface area contributed by atoms with Crippen molar-refractivity contribution in [1.29, 1.82) is 0 Å². The number of halogens is 3. The Morgan fingerprint density at radius 1 is 0.931 bits per heavy atom. The number of ketones is 1. The molecule has 0 radical (unpaired) electrons. The highest BCUT2D eigenvalue weighted by molar-refractivity contribution is 5.94. The molecule has 0 heterocycles. The molecule has 0 fully saturated rings. The number of Topliss-reactive ketones (excluding diaryl/α,β-unsaturated/α-hetero) is 1. The SMILES string of the molecule is CC(=O)CCc1ccc(OCC(=O)NCC(=O)Nc2ccc(F)c(F)c2F)cc1.